The zero-order valence-corrected chi connectivity index (χ0v) is 36.9. The Morgan fingerprint density at radius 2 is 0.703 bits per heavy atom. The second-order valence-corrected chi connectivity index (χ2v) is 15.4. The van der Waals surface area contributed by atoms with E-state index in [1.54, 1.807) is 12.1 Å². The highest BCUT2D eigenvalue weighted by Crippen LogP contribution is 2.36. The first-order valence-corrected chi connectivity index (χ1v) is 20.9. The second-order valence-electron chi connectivity index (χ2n) is 14.4. The van der Waals surface area contributed by atoms with E-state index in [9.17, 15) is 10.2 Å². The van der Waals surface area contributed by atoms with E-state index in [2.05, 4.69) is 115 Å². The fraction of sp³-hybridized carbons (Fsp3) is 0.0588. The van der Waals surface area contributed by atoms with Crippen LogP contribution in [0.4, 0.5) is 0 Å². The van der Waals surface area contributed by atoms with E-state index in [1.807, 2.05) is 36.4 Å². The molecule has 4 N–H and O–H groups in total. The van der Waals surface area contributed by atoms with Crippen LogP contribution in [0.1, 0.15) is 16.7 Å². The number of aromatic nitrogens is 6. The number of aromatic hydroxyl groups is 4. The smallest absolute Gasteiger partial charge is 0.227 e. The molecule has 0 amide bonds. The lowest BCUT2D eigenvalue weighted by molar-refractivity contribution is 0.450. The molecule has 13 heteroatoms. The summed E-state index contributed by atoms with van der Waals surface area (Å²) in [6.07, 6.45) is 0. The molecule has 0 aliphatic heterocycles. The Hall–Kier alpha value is -7.37. The Balaban J connectivity index is 0.000000175. The minimum Gasteiger partial charge on any atom is -0.508 e. The van der Waals surface area contributed by atoms with Crippen LogP contribution in [0.2, 0.25) is 15.9 Å². The van der Waals surface area contributed by atoms with Gasteiger partial charge in [-0.05, 0) is 129 Å². The third kappa shape index (κ3) is 10.8. The monoisotopic (exact) mass is 904 g/mol. The number of hydrogen-bond donors (Lipinski definition) is 4. The molecule has 0 unspecified atom stereocenters. The van der Waals surface area contributed by atoms with Crippen LogP contribution in [-0.4, -0.2) is 50.3 Å². The normalized spacial score (nSPS) is 10.6. The maximum Gasteiger partial charge on any atom is 0.227 e. The molecule has 0 saturated heterocycles. The standard InChI is InChI=1S/C31H23N3O2.C11H10.C6H6O2.C3Cl3N3/c1-18-11-14-25(23-9-5-3-7-21(18)23)29-32-30(26-15-12-19(2)22-8-4-6-10-24(22)26)34-31(33-29)27-16-13-20(35)17-28(27)36;1-9-5-4-7-10-6-2-3-8-11(9)10;7-5-2-1-3-6(8)4-5;4-1-7-2(5)9-3(6)8-1/h3-17,35-36H,1-2H3;2-8H,1H3;1-4,7-8H;. The van der Waals surface area contributed by atoms with E-state index in [1.165, 1.54) is 57.8 Å². The highest BCUT2D eigenvalue weighted by atomic mass is 35.5. The van der Waals surface area contributed by atoms with E-state index in [0.29, 0.717) is 23.0 Å². The lowest BCUT2D eigenvalue weighted by atomic mass is 9.99. The molecule has 10 nitrogen and oxygen atoms in total. The Morgan fingerprint density at radius 3 is 1.16 bits per heavy atom. The van der Waals surface area contributed by atoms with Gasteiger partial charge in [-0.1, -0.05) is 121 Å². The topological polar surface area (TPSA) is 158 Å². The van der Waals surface area contributed by atoms with Crippen LogP contribution in [0.15, 0.2) is 158 Å². The zero-order valence-electron chi connectivity index (χ0n) is 34.6. The molecule has 2 heterocycles. The van der Waals surface area contributed by atoms with Gasteiger partial charge in [-0.25, -0.2) is 15.0 Å². The van der Waals surface area contributed by atoms with Crippen molar-refractivity contribution in [3.63, 3.8) is 0 Å². The molecule has 0 radical (unpaired) electrons. The van der Waals surface area contributed by atoms with Crippen LogP contribution < -0.4 is 0 Å². The maximum absolute atomic E-state index is 10.6. The second kappa shape index (κ2) is 20.2. The summed E-state index contributed by atoms with van der Waals surface area (Å²) in [5.41, 5.74) is 5.88. The number of halogens is 3. The molecule has 0 bridgehead atoms. The van der Waals surface area contributed by atoms with Gasteiger partial charge in [0.25, 0.3) is 0 Å². The first kappa shape index (κ1) is 44.7. The van der Waals surface area contributed by atoms with E-state index >= 15 is 0 Å². The van der Waals surface area contributed by atoms with Gasteiger partial charge in [-0.2, -0.15) is 15.0 Å². The SMILES string of the molecule is Cc1ccc(-c2nc(-c3ccc(O)cc3O)nc(-c3ccc(C)c4ccccc34)n2)c2ccccc12.Cc1cccc2ccccc12.Clc1nc(Cl)nc(Cl)n1.Oc1cccc(O)c1. The van der Waals surface area contributed by atoms with Gasteiger partial charge < -0.3 is 20.4 Å². The number of rotatable bonds is 3. The molecule has 0 atom stereocenters. The van der Waals surface area contributed by atoms with Crippen LogP contribution in [0.3, 0.4) is 0 Å². The van der Waals surface area contributed by atoms with Gasteiger partial charge in [0, 0.05) is 23.3 Å². The van der Waals surface area contributed by atoms with Crippen LogP contribution in [0.5, 0.6) is 23.0 Å². The molecule has 0 fully saturated rings. The van der Waals surface area contributed by atoms with Crippen molar-refractivity contribution in [1.29, 1.82) is 0 Å². The quantitative estimate of drug-likeness (QED) is 0.134. The minimum atomic E-state index is -0.0966. The highest BCUT2D eigenvalue weighted by molar-refractivity contribution is 6.33. The first-order valence-electron chi connectivity index (χ1n) is 19.8. The van der Waals surface area contributed by atoms with E-state index in [0.717, 1.165) is 32.7 Å². The Morgan fingerprint density at radius 1 is 0.328 bits per heavy atom. The van der Waals surface area contributed by atoms with Crippen molar-refractivity contribution in [3.05, 3.63) is 190 Å². The molecule has 318 valence electrons. The van der Waals surface area contributed by atoms with Gasteiger partial charge in [0.15, 0.2) is 17.5 Å². The maximum atomic E-state index is 10.6. The highest BCUT2D eigenvalue weighted by Gasteiger charge is 2.18. The predicted octanol–water partition coefficient (Wildman–Crippen LogP) is 13.3. The van der Waals surface area contributed by atoms with Gasteiger partial charge in [0.2, 0.25) is 15.9 Å². The molecular weight excluding hydrogens is 867 g/mol. The summed E-state index contributed by atoms with van der Waals surface area (Å²) in [6.45, 7) is 6.31. The van der Waals surface area contributed by atoms with Crippen molar-refractivity contribution in [2.24, 2.45) is 0 Å². The van der Waals surface area contributed by atoms with E-state index in [4.69, 9.17) is 60.0 Å². The number of aryl methyl sites for hydroxylation is 3. The summed E-state index contributed by atoms with van der Waals surface area (Å²) in [7, 11) is 0. The molecule has 10 aromatic rings. The van der Waals surface area contributed by atoms with Crippen molar-refractivity contribution < 1.29 is 20.4 Å². The van der Waals surface area contributed by atoms with Gasteiger partial charge in [0.1, 0.15) is 23.0 Å². The average Bonchev–Trinajstić information content (AvgIpc) is 3.27. The molecule has 0 aliphatic carbocycles. The van der Waals surface area contributed by atoms with Crippen molar-refractivity contribution in [2.75, 3.05) is 0 Å². The molecule has 8 aromatic carbocycles. The summed E-state index contributed by atoms with van der Waals surface area (Å²) in [4.78, 5) is 24.9. The number of phenols is 4. The lowest BCUT2D eigenvalue weighted by Crippen LogP contribution is -2.01. The van der Waals surface area contributed by atoms with Crippen LogP contribution in [-0.2, 0) is 0 Å². The summed E-state index contributed by atoms with van der Waals surface area (Å²) in [5, 5.41) is 44.8. The largest absolute Gasteiger partial charge is 0.508 e. The number of phenolic OH excluding ortho intramolecular Hbond substituents is 4. The number of nitrogens with zero attached hydrogens (tertiary/aromatic N) is 6. The fourth-order valence-corrected chi connectivity index (χ4v) is 7.53. The zero-order chi connectivity index (χ0) is 45.3. The molecule has 0 saturated carbocycles. The van der Waals surface area contributed by atoms with Gasteiger partial charge in [-0.15, -0.1) is 0 Å². The first-order chi connectivity index (χ1) is 30.8. The summed E-state index contributed by atoms with van der Waals surface area (Å²) >= 11 is 16.0. The molecule has 0 spiro atoms. The Kier molecular flexibility index (Phi) is 14.1. The van der Waals surface area contributed by atoms with Gasteiger partial charge >= 0.3 is 0 Å². The average molecular weight is 906 g/mol. The molecule has 10 rings (SSSR count). The lowest BCUT2D eigenvalue weighted by Gasteiger charge is -2.13. The third-order valence-electron chi connectivity index (χ3n) is 10.0. The number of fused-ring (bicyclic) bond motifs is 3. The van der Waals surface area contributed by atoms with Crippen LogP contribution >= 0.6 is 34.8 Å². The third-order valence-corrected chi connectivity index (χ3v) is 10.5. The number of benzene rings is 8. The predicted molar refractivity (Wildman–Crippen MR) is 257 cm³/mol. The Bertz CT molecular complexity index is 3100. The van der Waals surface area contributed by atoms with Crippen molar-refractivity contribution >= 4 is 67.1 Å². The van der Waals surface area contributed by atoms with Crippen LogP contribution in [0, 0.1) is 20.8 Å². The summed E-state index contributed by atoms with van der Waals surface area (Å²) in [6, 6.07) is 49.7. The minimum absolute atomic E-state index is 0.000000000000000444. The van der Waals surface area contributed by atoms with Gasteiger partial charge in [0.05, 0.1) is 5.56 Å². The van der Waals surface area contributed by atoms with Crippen molar-refractivity contribution in [3.8, 4) is 57.2 Å². The summed E-state index contributed by atoms with van der Waals surface area (Å²) < 4.78 is 0. The van der Waals surface area contributed by atoms with E-state index < -0.39 is 0 Å². The molecular formula is C51H39Cl3N6O4. The fourth-order valence-electron chi connectivity index (χ4n) is 6.92. The number of hydrogen-bond acceptors (Lipinski definition) is 10. The Labute approximate surface area is 383 Å². The van der Waals surface area contributed by atoms with E-state index in [-0.39, 0.29) is 38.8 Å². The molecule has 2 aromatic heterocycles. The molecule has 0 aliphatic rings. The van der Waals surface area contributed by atoms with Crippen molar-refractivity contribution in [2.45, 2.75) is 20.8 Å². The summed E-state index contributed by atoms with van der Waals surface area (Å²) in [5.74, 6) is 1.42. The van der Waals surface area contributed by atoms with Crippen LogP contribution in [0.25, 0.3) is 66.5 Å². The van der Waals surface area contributed by atoms with Gasteiger partial charge in [-0.3, -0.25) is 0 Å². The van der Waals surface area contributed by atoms with Crippen molar-refractivity contribution in [1.82, 2.24) is 29.9 Å². The molecule has 64 heavy (non-hydrogen) atoms.